The highest BCUT2D eigenvalue weighted by Crippen LogP contribution is 2.38. The van der Waals surface area contributed by atoms with Crippen molar-refractivity contribution >= 4 is 68.2 Å². The van der Waals surface area contributed by atoms with E-state index in [2.05, 4.69) is 20.9 Å². The Hall–Kier alpha value is -3.57. The Morgan fingerprint density at radius 1 is 1.13 bits per heavy atom. The van der Waals surface area contributed by atoms with Crippen LogP contribution in [0.2, 0.25) is 10.0 Å². The quantitative estimate of drug-likeness (QED) is 0.183. The molecule has 5 rings (SSSR count). The Labute approximate surface area is 282 Å². The monoisotopic (exact) mass is 729 g/mol. The fraction of sp³-hybridized carbons (Fsp3) is 0.242. The molecule has 45 heavy (non-hydrogen) atoms. The molecule has 0 N–H and O–H groups in total. The minimum atomic E-state index is -0.699. The third-order valence-electron chi connectivity index (χ3n) is 7.18. The molecule has 0 bridgehead atoms. The van der Waals surface area contributed by atoms with Crippen LogP contribution in [0.15, 0.2) is 80.1 Å². The zero-order valence-electron chi connectivity index (χ0n) is 25.2. The van der Waals surface area contributed by atoms with Crippen LogP contribution in [-0.2, 0) is 16.1 Å². The Morgan fingerprint density at radius 3 is 2.51 bits per heavy atom. The number of rotatable bonds is 9. The molecule has 4 aromatic rings. The predicted octanol–water partition coefficient (Wildman–Crippen LogP) is 6.52. The second-order valence-electron chi connectivity index (χ2n) is 10.3. The molecule has 0 saturated heterocycles. The van der Waals surface area contributed by atoms with Gasteiger partial charge in [0.15, 0.2) is 16.3 Å². The average Bonchev–Trinajstić information content (AvgIpc) is 3.30. The Kier molecular flexibility index (Phi) is 10.1. The van der Waals surface area contributed by atoms with Crippen LogP contribution < -0.4 is 29.3 Å². The summed E-state index contributed by atoms with van der Waals surface area (Å²) in [7, 11) is 5.45. The molecule has 1 aliphatic heterocycles. The van der Waals surface area contributed by atoms with E-state index < -0.39 is 12.0 Å². The largest absolute Gasteiger partial charge is 0.493 e. The highest BCUT2D eigenvalue weighted by atomic mass is 79.9. The molecule has 8 nitrogen and oxygen atoms in total. The number of esters is 1. The number of allylic oxidation sites excluding steroid dienone is 1. The van der Waals surface area contributed by atoms with Gasteiger partial charge in [-0.05, 0) is 83.4 Å². The van der Waals surface area contributed by atoms with E-state index in [4.69, 9.17) is 37.4 Å². The number of anilines is 1. The van der Waals surface area contributed by atoms with Crippen LogP contribution in [0.4, 0.5) is 5.69 Å². The van der Waals surface area contributed by atoms with Crippen molar-refractivity contribution in [1.29, 1.82) is 0 Å². The average molecular weight is 731 g/mol. The van der Waals surface area contributed by atoms with Crippen molar-refractivity contribution in [3.05, 3.63) is 117 Å². The predicted molar refractivity (Wildman–Crippen MR) is 183 cm³/mol. The first-order valence-electron chi connectivity index (χ1n) is 13.9. The summed E-state index contributed by atoms with van der Waals surface area (Å²) in [6.07, 6.45) is 1.77. The molecule has 3 aromatic carbocycles. The standard InChI is InChI=1S/C33H30BrCl2N3O5S/c1-6-43-32(41)28-18(2)37-33-39(29(28)20-8-11-23(12-9-20)38(3)4)31(40)27(45-33)15-19-13-24(34)30(26(14-19)42-5)44-17-21-7-10-22(35)16-25(21)36/h7-16,29H,6,17H2,1-5H3. The summed E-state index contributed by atoms with van der Waals surface area (Å²) in [5.41, 5.74) is 3.81. The van der Waals surface area contributed by atoms with Gasteiger partial charge in [-0.15, -0.1) is 0 Å². The molecule has 234 valence electrons. The van der Waals surface area contributed by atoms with E-state index in [0.717, 1.165) is 16.8 Å². The van der Waals surface area contributed by atoms with Gasteiger partial charge in [-0.1, -0.05) is 52.7 Å². The maximum atomic E-state index is 14.0. The number of thiazole rings is 1. The number of nitrogens with zero attached hydrogens (tertiary/aromatic N) is 3. The van der Waals surface area contributed by atoms with E-state index >= 15 is 0 Å². The molecule has 12 heteroatoms. The summed E-state index contributed by atoms with van der Waals surface area (Å²) >= 11 is 17.2. The van der Waals surface area contributed by atoms with Crippen molar-refractivity contribution in [2.45, 2.75) is 26.5 Å². The zero-order chi connectivity index (χ0) is 32.4. The molecule has 0 saturated carbocycles. The molecule has 1 aliphatic rings. The smallest absolute Gasteiger partial charge is 0.338 e. The van der Waals surface area contributed by atoms with Gasteiger partial charge in [0, 0.05) is 35.4 Å². The van der Waals surface area contributed by atoms with Gasteiger partial charge < -0.3 is 19.1 Å². The first-order valence-corrected chi connectivity index (χ1v) is 16.3. The summed E-state index contributed by atoms with van der Waals surface area (Å²) in [6.45, 7) is 3.91. The number of carbonyl (C=O) groups excluding carboxylic acids is 1. The van der Waals surface area contributed by atoms with E-state index in [-0.39, 0.29) is 18.8 Å². The SMILES string of the molecule is CCOC(=O)C1=C(C)N=c2sc(=Cc3cc(Br)c(OCc4ccc(Cl)cc4Cl)c(OC)c3)c(=O)n2C1c1ccc(N(C)C)cc1. The van der Waals surface area contributed by atoms with Gasteiger partial charge in [0.25, 0.3) is 5.56 Å². The van der Waals surface area contributed by atoms with Gasteiger partial charge in [0.1, 0.15) is 6.61 Å². The maximum Gasteiger partial charge on any atom is 0.338 e. The number of ether oxygens (including phenoxy) is 3. The van der Waals surface area contributed by atoms with Crippen molar-refractivity contribution in [1.82, 2.24) is 4.57 Å². The molecule has 1 aromatic heterocycles. The number of hydrogen-bond donors (Lipinski definition) is 0. The lowest BCUT2D eigenvalue weighted by Crippen LogP contribution is -2.39. The normalized spacial score (nSPS) is 14.6. The van der Waals surface area contributed by atoms with Crippen molar-refractivity contribution in [3.63, 3.8) is 0 Å². The lowest BCUT2D eigenvalue weighted by atomic mass is 9.95. The first-order chi connectivity index (χ1) is 21.5. The second-order valence-corrected chi connectivity index (χ2v) is 13.1. The van der Waals surface area contributed by atoms with Gasteiger partial charge in [-0.2, -0.15) is 0 Å². The molecule has 0 amide bonds. The number of fused-ring (bicyclic) bond motifs is 1. The summed E-state index contributed by atoms with van der Waals surface area (Å²) in [4.78, 5) is 34.4. The van der Waals surface area contributed by atoms with Crippen molar-refractivity contribution in [3.8, 4) is 11.5 Å². The van der Waals surface area contributed by atoms with Gasteiger partial charge >= 0.3 is 5.97 Å². The fourth-order valence-corrected chi connectivity index (χ4v) is 7.05. The van der Waals surface area contributed by atoms with Crippen LogP contribution >= 0.6 is 50.5 Å². The van der Waals surface area contributed by atoms with Crippen molar-refractivity contribution in [2.75, 3.05) is 32.7 Å². The van der Waals surface area contributed by atoms with E-state index in [1.807, 2.05) is 49.3 Å². The summed E-state index contributed by atoms with van der Waals surface area (Å²) < 4.78 is 19.8. The fourth-order valence-electron chi connectivity index (χ4n) is 4.96. The number of aromatic nitrogens is 1. The highest BCUT2D eigenvalue weighted by Gasteiger charge is 2.33. The topological polar surface area (TPSA) is 82.4 Å². The molecule has 0 aliphatic carbocycles. The Balaban J connectivity index is 1.57. The van der Waals surface area contributed by atoms with Crippen LogP contribution in [0.5, 0.6) is 11.5 Å². The zero-order valence-corrected chi connectivity index (χ0v) is 29.1. The molecular weight excluding hydrogens is 701 g/mol. The number of methoxy groups -OCH3 is 1. The molecule has 0 spiro atoms. The van der Waals surface area contributed by atoms with Crippen molar-refractivity contribution < 1.29 is 19.0 Å². The highest BCUT2D eigenvalue weighted by molar-refractivity contribution is 9.10. The Morgan fingerprint density at radius 2 is 1.87 bits per heavy atom. The third kappa shape index (κ3) is 6.84. The van der Waals surface area contributed by atoms with E-state index in [9.17, 15) is 9.59 Å². The van der Waals surface area contributed by atoms with Crippen LogP contribution in [0, 0.1) is 0 Å². The second kappa shape index (κ2) is 13.8. The minimum absolute atomic E-state index is 0.195. The number of halogens is 3. The molecule has 1 atom stereocenters. The molecule has 0 fully saturated rings. The molecular formula is C33H30BrCl2N3O5S. The molecule has 1 unspecified atom stereocenters. The van der Waals surface area contributed by atoms with Gasteiger partial charge in [0.05, 0.1) is 40.0 Å². The lowest BCUT2D eigenvalue weighted by molar-refractivity contribution is -0.139. The number of carbonyl (C=O) groups is 1. The van der Waals surface area contributed by atoms with E-state index in [1.165, 1.54) is 11.3 Å². The van der Waals surface area contributed by atoms with Crippen LogP contribution in [0.3, 0.4) is 0 Å². The third-order valence-corrected chi connectivity index (χ3v) is 9.34. The van der Waals surface area contributed by atoms with E-state index in [0.29, 0.717) is 52.2 Å². The first kappa shape index (κ1) is 32.8. The summed E-state index contributed by atoms with van der Waals surface area (Å²) in [5, 5.41) is 1.04. The molecule has 2 heterocycles. The minimum Gasteiger partial charge on any atom is -0.493 e. The maximum absolute atomic E-state index is 14.0. The van der Waals surface area contributed by atoms with Gasteiger partial charge in [-0.25, -0.2) is 9.79 Å². The Bertz CT molecular complexity index is 1990. The van der Waals surface area contributed by atoms with Crippen LogP contribution in [0.25, 0.3) is 6.08 Å². The van der Waals surface area contributed by atoms with Crippen LogP contribution in [0.1, 0.15) is 36.6 Å². The van der Waals surface area contributed by atoms with Crippen LogP contribution in [-0.4, -0.2) is 38.3 Å². The van der Waals surface area contributed by atoms with E-state index in [1.54, 1.807) is 55.9 Å². The molecule has 0 radical (unpaired) electrons. The number of benzene rings is 3. The summed E-state index contributed by atoms with van der Waals surface area (Å²) in [6, 6.07) is 15.9. The summed E-state index contributed by atoms with van der Waals surface area (Å²) in [5.74, 6) is 0.449. The lowest BCUT2D eigenvalue weighted by Gasteiger charge is -2.25. The van der Waals surface area contributed by atoms with Gasteiger partial charge in [0.2, 0.25) is 0 Å². The van der Waals surface area contributed by atoms with Crippen molar-refractivity contribution in [2.24, 2.45) is 4.99 Å². The number of hydrogen-bond acceptors (Lipinski definition) is 8. The van der Waals surface area contributed by atoms with Gasteiger partial charge in [-0.3, -0.25) is 9.36 Å².